The number of imidazole rings is 1. The van der Waals surface area contributed by atoms with Crippen molar-refractivity contribution >= 4 is 28.7 Å². The van der Waals surface area contributed by atoms with Crippen molar-refractivity contribution in [3.05, 3.63) is 45.9 Å². The first-order valence-electron chi connectivity index (χ1n) is 7.55. The van der Waals surface area contributed by atoms with Gasteiger partial charge in [-0.2, -0.15) is 9.97 Å². The number of anilines is 1. The minimum atomic E-state index is -1.03. The molecular formula is C16H15N5O5. The molecule has 3 rings (SSSR count). The van der Waals surface area contributed by atoms with Gasteiger partial charge in [0, 0.05) is 0 Å². The molecule has 0 aliphatic carbocycles. The Morgan fingerprint density at radius 2 is 1.96 bits per heavy atom. The Balaban J connectivity index is 1.99. The highest BCUT2D eigenvalue weighted by molar-refractivity contribution is 5.87. The summed E-state index contributed by atoms with van der Waals surface area (Å²) in [5, 5.41) is 8.94. The lowest BCUT2D eigenvalue weighted by atomic mass is 10.1. The number of nitrogen functional groups attached to an aromatic ring is 1. The molecule has 26 heavy (non-hydrogen) atoms. The van der Waals surface area contributed by atoms with Crippen LogP contribution in [0.5, 0.6) is 6.01 Å². The second kappa shape index (κ2) is 6.67. The van der Waals surface area contributed by atoms with E-state index in [-0.39, 0.29) is 47.5 Å². The van der Waals surface area contributed by atoms with E-state index in [2.05, 4.69) is 15.0 Å². The lowest BCUT2D eigenvalue weighted by molar-refractivity contribution is -0.119. The molecule has 0 amide bonds. The molecule has 4 N–H and O–H groups in total. The number of rotatable bonds is 6. The van der Waals surface area contributed by atoms with Gasteiger partial charge in [0.05, 0.1) is 12.1 Å². The van der Waals surface area contributed by atoms with Gasteiger partial charge in [-0.15, -0.1) is 0 Å². The molecule has 0 aliphatic rings. The van der Waals surface area contributed by atoms with Gasteiger partial charge in [0.2, 0.25) is 0 Å². The molecule has 0 unspecified atom stereocenters. The Bertz CT molecular complexity index is 1050. The number of aromatic nitrogens is 4. The lowest BCUT2D eigenvalue weighted by Crippen LogP contribution is -2.18. The minimum Gasteiger partial charge on any atom is -0.478 e. The summed E-state index contributed by atoms with van der Waals surface area (Å²) in [5.41, 5.74) is 6.70. The van der Waals surface area contributed by atoms with E-state index in [9.17, 15) is 14.4 Å². The summed E-state index contributed by atoms with van der Waals surface area (Å²) in [4.78, 5) is 44.8. The number of nitrogens with one attached hydrogen (secondary N) is 1. The maximum absolute atomic E-state index is 12.2. The molecular weight excluding hydrogens is 342 g/mol. The number of fused-ring (bicyclic) bond motifs is 1. The van der Waals surface area contributed by atoms with Crippen LogP contribution in [0.15, 0.2) is 29.1 Å². The summed E-state index contributed by atoms with van der Waals surface area (Å²) < 4.78 is 6.49. The molecule has 0 spiro atoms. The van der Waals surface area contributed by atoms with Gasteiger partial charge in [-0.05, 0) is 24.6 Å². The van der Waals surface area contributed by atoms with Gasteiger partial charge in [0.25, 0.3) is 0 Å². The largest absolute Gasteiger partial charge is 0.478 e. The number of carboxylic acids is 1. The van der Waals surface area contributed by atoms with Crippen molar-refractivity contribution in [1.29, 1.82) is 0 Å². The molecule has 10 nitrogen and oxygen atoms in total. The van der Waals surface area contributed by atoms with Crippen LogP contribution < -0.4 is 16.2 Å². The van der Waals surface area contributed by atoms with Crippen LogP contribution in [0.2, 0.25) is 0 Å². The number of carboxylic acid groups (broad SMARTS) is 1. The number of carbonyl (C=O) groups excluding carboxylic acids is 1. The van der Waals surface area contributed by atoms with E-state index in [1.807, 2.05) is 0 Å². The van der Waals surface area contributed by atoms with Crippen LogP contribution in [-0.2, 0) is 11.3 Å². The molecule has 3 aromatic rings. The maximum atomic E-state index is 12.2. The highest BCUT2D eigenvalue weighted by Crippen LogP contribution is 2.18. The first-order chi connectivity index (χ1) is 12.3. The number of hydrogen-bond acceptors (Lipinski definition) is 7. The van der Waals surface area contributed by atoms with Crippen LogP contribution in [0.1, 0.15) is 22.8 Å². The zero-order valence-electron chi connectivity index (χ0n) is 13.7. The Labute approximate surface area is 146 Å². The van der Waals surface area contributed by atoms with Crippen LogP contribution in [0, 0.1) is 0 Å². The van der Waals surface area contributed by atoms with E-state index in [1.165, 1.54) is 23.6 Å². The number of aromatic amines is 1. The van der Waals surface area contributed by atoms with Gasteiger partial charge in [-0.1, -0.05) is 12.1 Å². The summed E-state index contributed by atoms with van der Waals surface area (Å²) in [6.45, 7) is 1.28. The predicted molar refractivity (Wildman–Crippen MR) is 91.2 cm³/mol. The molecule has 134 valence electrons. The number of H-pyrrole nitrogens is 1. The molecule has 0 saturated carbocycles. The first kappa shape index (κ1) is 17.1. The van der Waals surface area contributed by atoms with Crippen molar-refractivity contribution in [2.24, 2.45) is 0 Å². The maximum Gasteiger partial charge on any atom is 0.335 e. The second-order valence-electron chi connectivity index (χ2n) is 5.60. The van der Waals surface area contributed by atoms with E-state index in [0.29, 0.717) is 5.56 Å². The average molecular weight is 357 g/mol. The van der Waals surface area contributed by atoms with Crippen molar-refractivity contribution in [2.75, 3.05) is 12.3 Å². The highest BCUT2D eigenvalue weighted by atomic mass is 16.5. The van der Waals surface area contributed by atoms with Gasteiger partial charge in [-0.3, -0.25) is 9.36 Å². The van der Waals surface area contributed by atoms with Gasteiger partial charge in [0.15, 0.2) is 17.2 Å². The minimum absolute atomic E-state index is 0.0191. The fourth-order valence-corrected chi connectivity index (χ4v) is 2.34. The average Bonchev–Trinajstić information content (AvgIpc) is 2.90. The van der Waals surface area contributed by atoms with E-state index in [4.69, 9.17) is 15.6 Å². The molecule has 0 saturated heterocycles. The molecule has 10 heteroatoms. The first-order valence-corrected chi connectivity index (χ1v) is 7.55. The molecule has 0 bridgehead atoms. The third kappa shape index (κ3) is 3.38. The van der Waals surface area contributed by atoms with Crippen LogP contribution >= 0.6 is 0 Å². The fourth-order valence-electron chi connectivity index (χ4n) is 2.34. The molecule has 1 aromatic carbocycles. The highest BCUT2D eigenvalue weighted by Gasteiger charge is 2.15. The van der Waals surface area contributed by atoms with Gasteiger partial charge < -0.3 is 20.6 Å². The van der Waals surface area contributed by atoms with Gasteiger partial charge >= 0.3 is 17.7 Å². The molecule has 0 aliphatic heterocycles. The smallest absolute Gasteiger partial charge is 0.335 e. The van der Waals surface area contributed by atoms with E-state index in [0.717, 1.165) is 0 Å². The van der Waals surface area contributed by atoms with E-state index in [1.54, 1.807) is 12.1 Å². The number of hydrogen-bond donors (Lipinski definition) is 3. The van der Waals surface area contributed by atoms with Crippen molar-refractivity contribution < 1.29 is 19.4 Å². The normalized spacial score (nSPS) is 10.8. The third-order valence-corrected chi connectivity index (χ3v) is 3.58. The molecule has 2 aromatic heterocycles. The van der Waals surface area contributed by atoms with Crippen molar-refractivity contribution in [2.45, 2.75) is 13.5 Å². The zero-order valence-corrected chi connectivity index (χ0v) is 13.7. The molecule has 2 heterocycles. The van der Waals surface area contributed by atoms with Crippen LogP contribution in [0.3, 0.4) is 0 Å². The summed E-state index contributed by atoms with van der Waals surface area (Å²) in [5.74, 6) is -1.23. The third-order valence-electron chi connectivity index (χ3n) is 3.58. The molecule has 0 fully saturated rings. The zero-order chi connectivity index (χ0) is 18.8. The number of ketones is 1. The Morgan fingerprint density at radius 1 is 1.27 bits per heavy atom. The Hall–Kier alpha value is -3.69. The van der Waals surface area contributed by atoms with Crippen molar-refractivity contribution in [1.82, 2.24) is 19.5 Å². The Kier molecular flexibility index (Phi) is 4.40. The molecule has 0 atom stereocenters. The summed E-state index contributed by atoms with van der Waals surface area (Å²) >= 11 is 0. The van der Waals surface area contributed by atoms with E-state index < -0.39 is 11.7 Å². The standard InChI is InChI=1S/C16H15N5O5/c1-8(22)7-26-15-19-12(17)11-13(20-15)21(16(25)18-11)6-9-2-4-10(5-3-9)14(23)24/h2-5H,6-7H2,1H3,(H,18,25)(H,23,24)(H2,17,19,20). The number of nitrogens with two attached hydrogens (primary N) is 1. The summed E-state index contributed by atoms with van der Waals surface area (Å²) in [6.07, 6.45) is 0. The molecule has 0 radical (unpaired) electrons. The number of benzene rings is 1. The number of Topliss-reactive ketones (excluding diaryl/α,β-unsaturated/α-hetero) is 1. The van der Waals surface area contributed by atoms with Crippen molar-refractivity contribution in [3.8, 4) is 6.01 Å². The summed E-state index contributed by atoms with van der Waals surface area (Å²) in [6, 6.07) is 5.99. The van der Waals surface area contributed by atoms with Crippen LogP contribution in [0.4, 0.5) is 5.82 Å². The van der Waals surface area contributed by atoms with E-state index >= 15 is 0 Å². The monoisotopic (exact) mass is 357 g/mol. The Morgan fingerprint density at radius 3 is 2.58 bits per heavy atom. The fraction of sp³-hybridized carbons (Fsp3) is 0.188. The van der Waals surface area contributed by atoms with Crippen LogP contribution in [0.25, 0.3) is 11.2 Å². The van der Waals surface area contributed by atoms with Crippen LogP contribution in [-0.4, -0.2) is 43.0 Å². The lowest BCUT2D eigenvalue weighted by Gasteiger charge is -2.06. The SMILES string of the molecule is CC(=O)COc1nc(N)c2[nH]c(=O)n(Cc3ccc(C(=O)O)cc3)c2n1. The summed E-state index contributed by atoms with van der Waals surface area (Å²) in [7, 11) is 0. The van der Waals surface area contributed by atoms with Gasteiger partial charge in [0.1, 0.15) is 12.1 Å². The van der Waals surface area contributed by atoms with Crippen molar-refractivity contribution in [3.63, 3.8) is 0 Å². The second-order valence-corrected chi connectivity index (χ2v) is 5.60. The predicted octanol–water partition coefficient (Wildman–Crippen LogP) is 0.416. The number of aromatic carboxylic acids is 1. The quantitative estimate of drug-likeness (QED) is 0.573. The number of ether oxygens (including phenoxy) is 1. The number of nitrogens with zero attached hydrogens (tertiary/aromatic N) is 3. The van der Waals surface area contributed by atoms with Gasteiger partial charge in [-0.25, -0.2) is 9.59 Å². The topological polar surface area (TPSA) is 153 Å². The number of carbonyl (C=O) groups is 2.